The summed E-state index contributed by atoms with van der Waals surface area (Å²) in [5.41, 5.74) is 3.73. The Morgan fingerprint density at radius 2 is 1.76 bits per heavy atom. The van der Waals surface area contributed by atoms with Crippen LogP contribution in [0.4, 0.5) is 0 Å². The van der Waals surface area contributed by atoms with E-state index in [1.807, 2.05) is 18.2 Å². The van der Waals surface area contributed by atoms with Crippen LogP contribution in [-0.2, 0) is 6.42 Å². The summed E-state index contributed by atoms with van der Waals surface area (Å²) in [4.78, 5) is 0. The molecule has 0 radical (unpaired) electrons. The second kappa shape index (κ2) is 5.49. The number of phenols is 1. The standard InChI is InChI=1S/C19H18O2/c1-13-6-8-14(9-7-13)10-15-4-3-5-16-11-19(21-2)18(20)12-17(15)16/h3-9,11-12,20H,10H2,1-2H3. The van der Waals surface area contributed by atoms with Crippen LogP contribution in [0.2, 0.25) is 0 Å². The third kappa shape index (κ3) is 2.70. The second-order valence-corrected chi connectivity index (χ2v) is 5.32. The molecular formula is C19H18O2. The normalized spacial score (nSPS) is 10.8. The predicted molar refractivity (Wildman–Crippen MR) is 86.1 cm³/mol. The first-order valence-corrected chi connectivity index (χ1v) is 7.01. The molecule has 0 aromatic heterocycles. The molecule has 106 valence electrons. The van der Waals surface area contributed by atoms with Crippen molar-refractivity contribution >= 4 is 10.8 Å². The van der Waals surface area contributed by atoms with Gasteiger partial charge in [-0.05, 0) is 47.4 Å². The summed E-state index contributed by atoms with van der Waals surface area (Å²) < 4.78 is 5.17. The lowest BCUT2D eigenvalue weighted by Gasteiger charge is -2.10. The first kappa shape index (κ1) is 13.5. The van der Waals surface area contributed by atoms with Crippen molar-refractivity contribution in [1.29, 1.82) is 0 Å². The molecule has 0 spiro atoms. The predicted octanol–water partition coefficient (Wildman–Crippen LogP) is 4.45. The van der Waals surface area contributed by atoms with Gasteiger partial charge in [0.2, 0.25) is 0 Å². The lowest BCUT2D eigenvalue weighted by molar-refractivity contribution is 0.374. The van der Waals surface area contributed by atoms with E-state index >= 15 is 0 Å². The van der Waals surface area contributed by atoms with E-state index in [1.165, 1.54) is 16.7 Å². The summed E-state index contributed by atoms with van der Waals surface area (Å²) in [6.45, 7) is 2.09. The fraction of sp³-hybridized carbons (Fsp3) is 0.158. The van der Waals surface area contributed by atoms with Crippen molar-refractivity contribution in [1.82, 2.24) is 0 Å². The molecule has 1 N–H and O–H groups in total. The Hall–Kier alpha value is -2.48. The van der Waals surface area contributed by atoms with Crippen LogP contribution in [-0.4, -0.2) is 12.2 Å². The molecular weight excluding hydrogens is 260 g/mol. The van der Waals surface area contributed by atoms with Crippen LogP contribution in [0.25, 0.3) is 10.8 Å². The van der Waals surface area contributed by atoms with Crippen LogP contribution in [0, 0.1) is 6.92 Å². The Kier molecular flexibility index (Phi) is 3.53. The van der Waals surface area contributed by atoms with Gasteiger partial charge in [0.1, 0.15) is 0 Å². The molecule has 3 rings (SSSR count). The van der Waals surface area contributed by atoms with Gasteiger partial charge in [0.05, 0.1) is 7.11 Å². The molecule has 2 heteroatoms. The first-order chi connectivity index (χ1) is 10.2. The lowest BCUT2D eigenvalue weighted by Crippen LogP contribution is -1.91. The summed E-state index contributed by atoms with van der Waals surface area (Å²) in [5.74, 6) is 0.691. The molecule has 0 bridgehead atoms. The van der Waals surface area contributed by atoms with Crippen molar-refractivity contribution in [3.8, 4) is 11.5 Å². The Morgan fingerprint density at radius 1 is 1.00 bits per heavy atom. The zero-order valence-corrected chi connectivity index (χ0v) is 12.3. The Labute approximate surface area is 124 Å². The molecule has 0 saturated heterocycles. The average Bonchev–Trinajstić information content (AvgIpc) is 2.49. The molecule has 0 aliphatic rings. The summed E-state index contributed by atoms with van der Waals surface area (Å²) in [5, 5.41) is 12.2. The molecule has 0 amide bonds. The molecule has 3 aromatic carbocycles. The maximum Gasteiger partial charge on any atom is 0.161 e. The van der Waals surface area contributed by atoms with Gasteiger partial charge in [0, 0.05) is 0 Å². The van der Waals surface area contributed by atoms with Crippen molar-refractivity contribution in [2.75, 3.05) is 7.11 Å². The van der Waals surface area contributed by atoms with Crippen LogP contribution in [0.5, 0.6) is 11.5 Å². The summed E-state index contributed by atoms with van der Waals surface area (Å²) in [6, 6.07) is 18.4. The van der Waals surface area contributed by atoms with E-state index in [0.29, 0.717) is 5.75 Å². The number of benzene rings is 3. The smallest absolute Gasteiger partial charge is 0.161 e. The zero-order valence-electron chi connectivity index (χ0n) is 12.3. The highest BCUT2D eigenvalue weighted by Crippen LogP contribution is 2.33. The Balaban J connectivity index is 2.06. The number of ether oxygens (including phenoxy) is 1. The Morgan fingerprint density at radius 3 is 2.48 bits per heavy atom. The van der Waals surface area contributed by atoms with Gasteiger partial charge in [-0.2, -0.15) is 0 Å². The van der Waals surface area contributed by atoms with Crippen LogP contribution in [0.1, 0.15) is 16.7 Å². The number of methoxy groups -OCH3 is 1. The maximum absolute atomic E-state index is 10.0. The van der Waals surface area contributed by atoms with E-state index in [-0.39, 0.29) is 5.75 Å². The number of aromatic hydroxyl groups is 1. The third-order valence-corrected chi connectivity index (χ3v) is 3.79. The van der Waals surface area contributed by atoms with Crippen LogP contribution in [0.3, 0.4) is 0 Å². The highest BCUT2D eigenvalue weighted by Gasteiger charge is 2.08. The van der Waals surface area contributed by atoms with Gasteiger partial charge in [-0.25, -0.2) is 0 Å². The SMILES string of the molecule is COc1cc2cccc(Cc3ccc(C)cc3)c2cc1O. The largest absolute Gasteiger partial charge is 0.504 e. The van der Waals surface area contributed by atoms with Gasteiger partial charge in [0.15, 0.2) is 11.5 Å². The Bertz CT molecular complexity index is 773. The quantitative estimate of drug-likeness (QED) is 0.766. The highest BCUT2D eigenvalue weighted by molar-refractivity contribution is 5.89. The van der Waals surface area contributed by atoms with Crippen molar-refractivity contribution in [3.05, 3.63) is 71.3 Å². The molecule has 0 saturated carbocycles. The van der Waals surface area contributed by atoms with Crippen molar-refractivity contribution in [2.24, 2.45) is 0 Å². The number of rotatable bonds is 3. The minimum absolute atomic E-state index is 0.182. The fourth-order valence-corrected chi connectivity index (χ4v) is 2.60. The third-order valence-electron chi connectivity index (χ3n) is 3.79. The number of phenolic OH excluding ortho intramolecular Hbond substituents is 1. The molecule has 0 atom stereocenters. The molecule has 0 aliphatic carbocycles. The lowest BCUT2D eigenvalue weighted by atomic mass is 9.97. The zero-order chi connectivity index (χ0) is 14.8. The van der Waals surface area contributed by atoms with Crippen molar-refractivity contribution in [2.45, 2.75) is 13.3 Å². The number of fused-ring (bicyclic) bond motifs is 1. The number of aryl methyl sites for hydroxylation is 1. The van der Waals surface area contributed by atoms with E-state index in [9.17, 15) is 5.11 Å². The molecule has 21 heavy (non-hydrogen) atoms. The number of hydrogen-bond donors (Lipinski definition) is 1. The topological polar surface area (TPSA) is 29.5 Å². The molecule has 3 aromatic rings. The highest BCUT2D eigenvalue weighted by atomic mass is 16.5. The van der Waals surface area contributed by atoms with Gasteiger partial charge < -0.3 is 9.84 Å². The summed E-state index contributed by atoms with van der Waals surface area (Å²) >= 11 is 0. The first-order valence-electron chi connectivity index (χ1n) is 7.01. The molecule has 0 aliphatic heterocycles. The fourth-order valence-electron chi connectivity index (χ4n) is 2.60. The average molecular weight is 278 g/mol. The minimum Gasteiger partial charge on any atom is -0.504 e. The number of hydrogen-bond acceptors (Lipinski definition) is 2. The minimum atomic E-state index is 0.182. The monoisotopic (exact) mass is 278 g/mol. The van der Waals surface area contributed by atoms with Crippen molar-refractivity contribution < 1.29 is 9.84 Å². The van der Waals surface area contributed by atoms with Gasteiger partial charge in [-0.1, -0.05) is 48.0 Å². The van der Waals surface area contributed by atoms with Gasteiger partial charge in [0.25, 0.3) is 0 Å². The second-order valence-electron chi connectivity index (χ2n) is 5.32. The van der Waals surface area contributed by atoms with E-state index in [2.05, 4.69) is 37.3 Å². The van der Waals surface area contributed by atoms with Crippen LogP contribution >= 0.6 is 0 Å². The van der Waals surface area contributed by atoms with E-state index < -0.39 is 0 Å². The molecule has 0 unspecified atom stereocenters. The molecule has 2 nitrogen and oxygen atoms in total. The van der Waals surface area contributed by atoms with E-state index in [0.717, 1.165) is 17.2 Å². The van der Waals surface area contributed by atoms with Crippen LogP contribution < -0.4 is 4.74 Å². The van der Waals surface area contributed by atoms with Gasteiger partial charge in [-0.15, -0.1) is 0 Å². The summed E-state index contributed by atoms with van der Waals surface area (Å²) in [7, 11) is 1.57. The van der Waals surface area contributed by atoms with E-state index in [4.69, 9.17) is 4.74 Å². The molecule has 0 fully saturated rings. The van der Waals surface area contributed by atoms with Gasteiger partial charge >= 0.3 is 0 Å². The molecule has 0 heterocycles. The summed E-state index contributed by atoms with van der Waals surface area (Å²) in [6.07, 6.45) is 0.851. The van der Waals surface area contributed by atoms with Crippen LogP contribution in [0.15, 0.2) is 54.6 Å². The van der Waals surface area contributed by atoms with Crippen molar-refractivity contribution in [3.63, 3.8) is 0 Å². The van der Waals surface area contributed by atoms with E-state index in [1.54, 1.807) is 13.2 Å². The van der Waals surface area contributed by atoms with Gasteiger partial charge in [-0.3, -0.25) is 0 Å². The maximum atomic E-state index is 10.0.